The average Bonchev–Trinajstić information content (AvgIpc) is 3.17. The molecule has 0 aliphatic rings. The average molecular weight is 474 g/mol. The molecule has 0 aliphatic heterocycles. The van der Waals surface area contributed by atoms with Crippen LogP contribution in [0, 0.1) is 6.92 Å². The van der Waals surface area contributed by atoms with Gasteiger partial charge in [0.2, 0.25) is 15.9 Å². The third kappa shape index (κ3) is 5.68. The first-order valence-electron chi connectivity index (χ1n) is 10.1. The molecule has 0 bridgehead atoms. The molecule has 0 saturated heterocycles. The summed E-state index contributed by atoms with van der Waals surface area (Å²) in [5.41, 5.74) is 2.43. The second-order valence-electron chi connectivity index (χ2n) is 7.33. The summed E-state index contributed by atoms with van der Waals surface area (Å²) < 4.78 is 28.1. The fraction of sp³-hybridized carbons (Fsp3) is 0.318. The maximum Gasteiger partial charge on any atom is 0.237 e. The van der Waals surface area contributed by atoms with E-state index < -0.39 is 10.0 Å². The van der Waals surface area contributed by atoms with Gasteiger partial charge in [0.05, 0.1) is 24.2 Å². The number of benzene rings is 2. The van der Waals surface area contributed by atoms with Crippen molar-refractivity contribution in [1.29, 1.82) is 0 Å². The summed E-state index contributed by atoms with van der Waals surface area (Å²) in [5.74, 6) is 0.646. The van der Waals surface area contributed by atoms with Gasteiger partial charge in [0.25, 0.3) is 0 Å². The second-order valence-corrected chi connectivity index (χ2v) is 10.2. The Kier molecular flexibility index (Phi) is 7.57. The van der Waals surface area contributed by atoms with E-state index in [2.05, 4.69) is 10.2 Å². The third-order valence-corrected chi connectivity index (χ3v) is 7.05. The van der Waals surface area contributed by atoms with Gasteiger partial charge in [0.1, 0.15) is 0 Å². The van der Waals surface area contributed by atoms with Crippen molar-refractivity contribution in [3.8, 4) is 0 Å². The number of aryl methyl sites for hydroxylation is 1. The number of aromatic nitrogens is 3. The molecule has 1 aromatic heterocycles. The summed E-state index contributed by atoms with van der Waals surface area (Å²) in [7, 11) is -1.79. The zero-order valence-electron chi connectivity index (χ0n) is 18.6. The molecule has 0 spiro atoms. The van der Waals surface area contributed by atoms with Crippen molar-refractivity contribution in [1.82, 2.24) is 14.8 Å². The number of hydrogen-bond acceptors (Lipinski definition) is 6. The second kappa shape index (κ2) is 10.2. The molecule has 0 fully saturated rings. The molecular formula is C22H27N5O3S2. The van der Waals surface area contributed by atoms with E-state index in [0.717, 1.165) is 11.3 Å². The molecule has 1 heterocycles. The van der Waals surface area contributed by atoms with E-state index in [9.17, 15) is 13.2 Å². The monoisotopic (exact) mass is 473 g/mol. The van der Waals surface area contributed by atoms with Crippen LogP contribution in [0.1, 0.15) is 18.3 Å². The van der Waals surface area contributed by atoms with Crippen molar-refractivity contribution < 1.29 is 13.2 Å². The van der Waals surface area contributed by atoms with E-state index in [0.29, 0.717) is 23.2 Å². The van der Waals surface area contributed by atoms with Gasteiger partial charge in [-0.3, -0.25) is 9.10 Å². The highest BCUT2D eigenvalue weighted by Crippen LogP contribution is 2.24. The topological polar surface area (TPSA) is 88.4 Å². The molecule has 0 aliphatic carbocycles. The first kappa shape index (κ1) is 23.8. The summed E-state index contributed by atoms with van der Waals surface area (Å²) >= 11 is 1.29. The van der Waals surface area contributed by atoms with Gasteiger partial charge in [0, 0.05) is 19.3 Å². The molecule has 2 aromatic carbocycles. The Hall–Kier alpha value is -2.85. The van der Waals surface area contributed by atoms with Crippen LogP contribution in [0.2, 0.25) is 0 Å². The van der Waals surface area contributed by atoms with Gasteiger partial charge >= 0.3 is 0 Å². The van der Waals surface area contributed by atoms with Crippen molar-refractivity contribution in [2.24, 2.45) is 0 Å². The normalized spacial score (nSPS) is 11.4. The number of para-hydroxylation sites is 1. The van der Waals surface area contributed by atoms with Gasteiger partial charge in [-0.2, -0.15) is 0 Å². The quantitative estimate of drug-likeness (QED) is 0.443. The van der Waals surface area contributed by atoms with Gasteiger partial charge in [-0.25, -0.2) is 8.42 Å². The highest BCUT2D eigenvalue weighted by molar-refractivity contribution is 7.99. The van der Waals surface area contributed by atoms with Crippen molar-refractivity contribution in [3.63, 3.8) is 0 Å². The van der Waals surface area contributed by atoms with E-state index in [-0.39, 0.29) is 18.2 Å². The number of carbonyl (C=O) groups excluding carboxylic acids is 1. The molecular weight excluding hydrogens is 446 g/mol. The lowest BCUT2D eigenvalue weighted by atomic mass is 10.2. The summed E-state index contributed by atoms with van der Waals surface area (Å²) in [6.45, 7) is 4.49. The molecule has 10 heteroatoms. The van der Waals surface area contributed by atoms with Gasteiger partial charge < -0.3 is 9.47 Å². The van der Waals surface area contributed by atoms with Gasteiger partial charge in [-0.1, -0.05) is 47.7 Å². The maximum absolute atomic E-state index is 12.6. The minimum atomic E-state index is -3.53. The number of amides is 1. The molecule has 3 rings (SSSR count). The molecule has 0 unspecified atom stereocenters. The Morgan fingerprint density at radius 1 is 1.03 bits per heavy atom. The minimum absolute atomic E-state index is 0.0567. The molecule has 3 aromatic rings. The maximum atomic E-state index is 12.6. The van der Waals surface area contributed by atoms with Crippen molar-refractivity contribution in [2.75, 3.05) is 28.3 Å². The van der Waals surface area contributed by atoms with E-state index >= 15 is 0 Å². The SMILES string of the molecule is CCn1c(CN(c2ccc(C)cc2)S(C)(=O)=O)nnc1SCC(=O)N(C)c1ccccc1. The Morgan fingerprint density at radius 2 is 1.69 bits per heavy atom. The van der Waals surface area contributed by atoms with Crippen LogP contribution in [0.15, 0.2) is 59.8 Å². The van der Waals surface area contributed by atoms with Crippen molar-refractivity contribution >= 4 is 39.1 Å². The number of carbonyl (C=O) groups is 1. The van der Waals surface area contributed by atoms with Crippen LogP contribution in [0.5, 0.6) is 0 Å². The van der Waals surface area contributed by atoms with Crippen LogP contribution in [-0.4, -0.2) is 48.1 Å². The number of anilines is 2. The summed E-state index contributed by atoms with van der Waals surface area (Å²) in [5, 5.41) is 9.02. The van der Waals surface area contributed by atoms with E-state index in [1.54, 1.807) is 24.1 Å². The molecule has 0 N–H and O–H groups in total. The lowest BCUT2D eigenvalue weighted by molar-refractivity contribution is -0.115. The predicted molar refractivity (Wildman–Crippen MR) is 128 cm³/mol. The molecule has 1 amide bonds. The first-order chi connectivity index (χ1) is 15.2. The Morgan fingerprint density at radius 3 is 2.28 bits per heavy atom. The summed E-state index contributed by atoms with van der Waals surface area (Å²) in [6, 6.07) is 16.7. The zero-order chi connectivity index (χ0) is 23.3. The fourth-order valence-corrected chi connectivity index (χ4v) is 4.91. The summed E-state index contributed by atoms with van der Waals surface area (Å²) in [6.07, 6.45) is 1.17. The lowest BCUT2D eigenvalue weighted by Crippen LogP contribution is -2.30. The number of thioether (sulfide) groups is 1. The summed E-state index contributed by atoms with van der Waals surface area (Å²) in [4.78, 5) is 14.2. The minimum Gasteiger partial charge on any atom is -0.315 e. The van der Waals surface area contributed by atoms with E-state index in [4.69, 9.17) is 0 Å². The predicted octanol–water partition coefficient (Wildman–Crippen LogP) is 3.33. The van der Waals surface area contributed by atoms with Crippen molar-refractivity contribution in [3.05, 3.63) is 66.0 Å². The zero-order valence-corrected chi connectivity index (χ0v) is 20.2. The lowest BCUT2D eigenvalue weighted by Gasteiger charge is -2.22. The molecule has 0 saturated carbocycles. The van der Waals surface area contributed by atoms with Crippen LogP contribution in [-0.2, 0) is 27.9 Å². The van der Waals surface area contributed by atoms with Crippen LogP contribution in [0.3, 0.4) is 0 Å². The van der Waals surface area contributed by atoms with E-state index in [1.807, 2.05) is 60.9 Å². The highest BCUT2D eigenvalue weighted by atomic mass is 32.2. The number of rotatable bonds is 9. The molecule has 8 nitrogen and oxygen atoms in total. The third-order valence-electron chi connectivity index (χ3n) is 4.96. The van der Waals surface area contributed by atoms with E-state index in [1.165, 1.54) is 22.3 Å². The van der Waals surface area contributed by atoms with Gasteiger partial charge in [-0.05, 0) is 38.1 Å². The van der Waals surface area contributed by atoms with Gasteiger partial charge in [0.15, 0.2) is 11.0 Å². The van der Waals surface area contributed by atoms with Crippen LogP contribution < -0.4 is 9.21 Å². The molecule has 0 atom stereocenters. The molecule has 170 valence electrons. The first-order valence-corrected chi connectivity index (χ1v) is 12.9. The number of hydrogen-bond donors (Lipinski definition) is 0. The standard InChI is InChI=1S/C22H27N5O3S2/c1-5-26-20(15-27(32(4,29)30)19-13-11-17(2)12-14-19)23-24-22(26)31-16-21(28)25(3)18-9-7-6-8-10-18/h6-14H,5,15-16H2,1-4H3. The molecule has 32 heavy (non-hydrogen) atoms. The number of sulfonamides is 1. The highest BCUT2D eigenvalue weighted by Gasteiger charge is 2.22. The Labute approximate surface area is 193 Å². The van der Waals surface area contributed by atoms with Crippen LogP contribution in [0.4, 0.5) is 11.4 Å². The smallest absolute Gasteiger partial charge is 0.237 e. The van der Waals surface area contributed by atoms with Crippen molar-refractivity contribution in [2.45, 2.75) is 32.1 Å². The Balaban J connectivity index is 1.76. The fourth-order valence-electron chi connectivity index (χ4n) is 3.12. The molecule has 0 radical (unpaired) electrons. The van der Waals surface area contributed by atoms with Gasteiger partial charge in [-0.15, -0.1) is 10.2 Å². The number of nitrogens with zero attached hydrogens (tertiary/aromatic N) is 5. The largest absolute Gasteiger partial charge is 0.315 e. The van der Waals surface area contributed by atoms with Crippen LogP contribution in [0.25, 0.3) is 0 Å². The van der Waals surface area contributed by atoms with Crippen LogP contribution >= 0.6 is 11.8 Å². The Bertz CT molecular complexity index is 1160.